The second-order valence-electron chi connectivity index (χ2n) is 4.79. The molecule has 0 fully saturated rings. The van der Waals surface area contributed by atoms with Gasteiger partial charge in [-0.2, -0.15) is 0 Å². The Balaban J connectivity index is 2.57. The zero-order chi connectivity index (χ0) is 15.2. The van der Waals surface area contributed by atoms with Gasteiger partial charge >= 0.3 is 0 Å². The minimum Gasteiger partial charge on any atom is -0.497 e. The van der Waals surface area contributed by atoms with E-state index >= 15 is 0 Å². The number of hydrogen-bond donors (Lipinski definition) is 0. The van der Waals surface area contributed by atoms with Crippen molar-refractivity contribution in [2.75, 3.05) is 7.11 Å². The number of ether oxygens (including phenoxy) is 1. The third-order valence-electron chi connectivity index (χ3n) is 3.35. The van der Waals surface area contributed by atoms with Crippen molar-refractivity contribution < 1.29 is 4.74 Å². The topological polar surface area (TPSA) is 27.1 Å². The molecular weight excluding hydrogens is 260 g/mol. The minimum absolute atomic E-state index is 0.852. The molecule has 3 nitrogen and oxygen atoms in total. The Morgan fingerprint density at radius 3 is 2.52 bits per heavy atom. The Kier molecular flexibility index (Phi) is 4.99. The molecule has 2 rings (SSSR count). The first-order valence-electron chi connectivity index (χ1n) is 7.25. The molecule has 0 atom stereocenters. The molecule has 0 spiro atoms. The Hall–Kier alpha value is -2.29. The number of methoxy groups -OCH3 is 1. The molecule has 21 heavy (non-hydrogen) atoms. The lowest BCUT2D eigenvalue weighted by Gasteiger charge is -2.09. The number of imidazole rings is 1. The Bertz CT molecular complexity index is 636. The van der Waals surface area contributed by atoms with Crippen LogP contribution in [0, 0.1) is 0 Å². The molecule has 3 heteroatoms. The normalized spacial score (nSPS) is 11.0. The van der Waals surface area contributed by atoms with Gasteiger partial charge < -0.3 is 9.30 Å². The predicted octanol–water partition coefficient (Wildman–Crippen LogP) is 4.64. The third kappa shape index (κ3) is 3.07. The zero-order valence-electron chi connectivity index (χ0n) is 13.0. The summed E-state index contributed by atoms with van der Waals surface area (Å²) < 4.78 is 7.44. The molecule has 2 aromatic rings. The summed E-state index contributed by atoms with van der Waals surface area (Å²) in [6.45, 7) is 9.03. The molecule has 1 aromatic heterocycles. The van der Waals surface area contributed by atoms with E-state index in [0.29, 0.717) is 0 Å². The molecule has 0 aliphatic heterocycles. The summed E-state index contributed by atoms with van der Waals surface area (Å²) in [7, 11) is 1.67. The van der Waals surface area contributed by atoms with Crippen LogP contribution in [0.1, 0.15) is 31.7 Å². The lowest BCUT2D eigenvalue weighted by Crippen LogP contribution is -2.02. The molecule has 110 valence electrons. The maximum atomic E-state index is 5.22. The molecule has 0 aliphatic carbocycles. The van der Waals surface area contributed by atoms with Gasteiger partial charge in [0.25, 0.3) is 0 Å². The van der Waals surface area contributed by atoms with Crippen LogP contribution in [-0.4, -0.2) is 16.7 Å². The largest absolute Gasteiger partial charge is 0.497 e. The van der Waals surface area contributed by atoms with Crippen LogP contribution in [-0.2, 0) is 6.54 Å². The van der Waals surface area contributed by atoms with Crippen molar-refractivity contribution in [2.45, 2.75) is 26.8 Å². The second kappa shape index (κ2) is 6.93. The number of allylic oxidation sites excluding steroid dienone is 1. The van der Waals surface area contributed by atoms with Gasteiger partial charge in [-0.1, -0.05) is 19.6 Å². The zero-order valence-corrected chi connectivity index (χ0v) is 13.0. The monoisotopic (exact) mass is 282 g/mol. The van der Waals surface area contributed by atoms with Crippen molar-refractivity contribution in [3.05, 3.63) is 48.3 Å². The van der Waals surface area contributed by atoms with E-state index in [1.807, 2.05) is 49.4 Å². The van der Waals surface area contributed by atoms with Gasteiger partial charge in [0.2, 0.25) is 0 Å². The Labute approximate surface area is 126 Å². The van der Waals surface area contributed by atoms with E-state index < -0.39 is 0 Å². The summed E-state index contributed by atoms with van der Waals surface area (Å²) in [6.07, 6.45) is 6.96. The van der Waals surface area contributed by atoms with Crippen molar-refractivity contribution in [1.29, 1.82) is 0 Å². The van der Waals surface area contributed by atoms with Crippen LogP contribution in [0.2, 0.25) is 0 Å². The fourth-order valence-corrected chi connectivity index (χ4v) is 2.39. The number of benzene rings is 1. The number of rotatable bonds is 6. The van der Waals surface area contributed by atoms with E-state index in [-0.39, 0.29) is 0 Å². The van der Waals surface area contributed by atoms with Gasteiger partial charge in [0.1, 0.15) is 11.6 Å². The van der Waals surface area contributed by atoms with Gasteiger partial charge in [-0.25, -0.2) is 4.98 Å². The highest BCUT2D eigenvalue weighted by Crippen LogP contribution is 2.26. The molecule has 0 saturated carbocycles. The van der Waals surface area contributed by atoms with E-state index in [1.165, 1.54) is 0 Å². The number of nitrogens with zero attached hydrogens (tertiary/aromatic N) is 2. The van der Waals surface area contributed by atoms with E-state index in [0.717, 1.165) is 41.5 Å². The third-order valence-corrected chi connectivity index (χ3v) is 3.35. The van der Waals surface area contributed by atoms with Gasteiger partial charge in [-0.15, -0.1) is 0 Å². The highest BCUT2D eigenvalue weighted by molar-refractivity contribution is 5.67. The smallest absolute Gasteiger partial charge is 0.141 e. The highest BCUT2D eigenvalue weighted by atomic mass is 16.5. The highest BCUT2D eigenvalue weighted by Gasteiger charge is 2.14. The van der Waals surface area contributed by atoms with Gasteiger partial charge in [0.15, 0.2) is 0 Å². The summed E-state index contributed by atoms with van der Waals surface area (Å²) >= 11 is 0. The Morgan fingerprint density at radius 1 is 1.29 bits per heavy atom. The summed E-state index contributed by atoms with van der Waals surface area (Å²) in [5.74, 6) is 1.83. The van der Waals surface area contributed by atoms with Crippen molar-refractivity contribution >= 4 is 12.2 Å². The molecule has 1 heterocycles. The van der Waals surface area contributed by atoms with Crippen LogP contribution in [0.3, 0.4) is 0 Å². The minimum atomic E-state index is 0.852. The second-order valence-corrected chi connectivity index (χ2v) is 4.79. The fourth-order valence-electron chi connectivity index (χ4n) is 2.39. The van der Waals surface area contributed by atoms with E-state index in [9.17, 15) is 0 Å². The van der Waals surface area contributed by atoms with Crippen LogP contribution in [0.5, 0.6) is 5.75 Å². The summed E-state index contributed by atoms with van der Waals surface area (Å²) in [5, 5.41) is 0. The van der Waals surface area contributed by atoms with Crippen molar-refractivity contribution in [2.24, 2.45) is 0 Å². The maximum Gasteiger partial charge on any atom is 0.141 e. The SMILES string of the molecule is C=Cc1c(/C=C\C)nc(-c2ccc(OC)cc2)n1CCC. The maximum absolute atomic E-state index is 5.22. The van der Waals surface area contributed by atoms with Crippen LogP contribution in [0.15, 0.2) is 36.9 Å². The Morgan fingerprint density at radius 2 is 2.00 bits per heavy atom. The molecule has 0 aliphatic rings. The van der Waals surface area contributed by atoms with Gasteiger partial charge in [0.05, 0.1) is 18.5 Å². The van der Waals surface area contributed by atoms with Crippen molar-refractivity contribution in [3.8, 4) is 17.1 Å². The van der Waals surface area contributed by atoms with E-state index in [4.69, 9.17) is 9.72 Å². The van der Waals surface area contributed by atoms with E-state index in [2.05, 4.69) is 18.1 Å². The first-order valence-corrected chi connectivity index (χ1v) is 7.25. The first kappa shape index (κ1) is 15.1. The average molecular weight is 282 g/mol. The molecule has 0 N–H and O–H groups in total. The quantitative estimate of drug-likeness (QED) is 0.771. The summed E-state index contributed by atoms with van der Waals surface area (Å²) in [5.41, 5.74) is 3.12. The molecule has 0 amide bonds. The molecule has 1 aromatic carbocycles. The van der Waals surface area contributed by atoms with Crippen molar-refractivity contribution in [3.63, 3.8) is 0 Å². The molecular formula is C18H22N2O. The van der Waals surface area contributed by atoms with Gasteiger partial charge in [-0.05, 0) is 49.8 Å². The summed E-state index contributed by atoms with van der Waals surface area (Å²) in [6, 6.07) is 8.01. The molecule has 0 radical (unpaired) electrons. The lowest BCUT2D eigenvalue weighted by atomic mass is 10.2. The van der Waals surface area contributed by atoms with Gasteiger partial charge in [0, 0.05) is 12.1 Å². The fraction of sp³-hybridized carbons (Fsp3) is 0.278. The molecule has 0 unspecified atom stereocenters. The average Bonchev–Trinajstić information content (AvgIpc) is 2.86. The number of aromatic nitrogens is 2. The molecule has 0 saturated heterocycles. The molecule has 0 bridgehead atoms. The summed E-state index contributed by atoms with van der Waals surface area (Å²) in [4.78, 5) is 4.78. The standard InChI is InChI=1S/C18H22N2O/c1-5-8-16-17(7-3)20(13-6-2)18(19-16)14-9-11-15(21-4)12-10-14/h5,7-12H,3,6,13H2,1-2,4H3/b8-5-. The number of hydrogen-bond acceptors (Lipinski definition) is 2. The van der Waals surface area contributed by atoms with Crippen molar-refractivity contribution in [1.82, 2.24) is 9.55 Å². The van der Waals surface area contributed by atoms with Crippen LogP contribution in [0.4, 0.5) is 0 Å². The van der Waals surface area contributed by atoms with Gasteiger partial charge in [-0.3, -0.25) is 0 Å². The van der Waals surface area contributed by atoms with Crippen LogP contribution >= 0.6 is 0 Å². The predicted molar refractivity (Wildman–Crippen MR) is 89.3 cm³/mol. The first-order chi connectivity index (χ1) is 10.2. The lowest BCUT2D eigenvalue weighted by molar-refractivity contribution is 0.415. The van der Waals surface area contributed by atoms with Crippen LogP contribution in [0.25, 0.3) is 23.5 Å². The van der Waals surface area contributed by atoms with Crippen LogP contribution < -0.4 is 4.74 Å². The van der Waals surface area contributed by atoms with E-state index in [1.54, 1.807) is 7.11 Å².